The zero-order chi connectivity index (χ0) is 14.8. The molecular weight excluding hydrogens is 248 g/mol. The van der Waals surface area contributed by atoms with E-state index in [1.54, 1.807) is 0 Å². The Labute approximate surface area is 124 Å². The van der Waals surface area contributed by atoms with Crippen LogP contribution in [-0.4, -0.2) is 45.2 Å². The summed E-state index contributed by atoms with van der Waals surface area (Å²) in [5.41, 5.74) is 1.26. The molecule has 0 saturated heterocycles. The first kappa shape index (κ1) is 17.2. The Morgan fingerprint density at radius 2 is 1.80 bits per heavy atom. The number of hydrogen-bond donors (Lipinski definition) is 1. The molecule has 0 amide bonds. The minimum atomic E-state index is 0.150. The van der Waals surface area contributed by atoms with Crippen molar-refractivity contribution < 1.29 is 4.74 Å². The fraction of sp³-hybridized carbons (Fsp3) is 0.647. The van der Waals surface area contributed by atoms with Crippen LogP contribution in [0.3, 0.4) is 0 Å². The van der Waals surface area contributed by atoms with Gasteiger partial charge in [-0.1, -0.05) is 44.2 Å². The summed E-state index contributed by atoms with van der Waals surface area (Å²) in [6.45, 7) is 8.24. The largest absolute Gasteiger partial charge is 0.372 e. The van der Waals surface area contributed by atoms with Gasteiger partial charge in [-0.25, -0.2) is 0 Å². The molecule has 1 unspecified atom stereocenters. The first-order valence-corrected chi connectivity index (χ1v) is 7.61. The number of nitrogens with zero attached hydrogens (tertiary/aromatic N) is 1. The SMILES string of the molecule is CC(C)CNCC(OCCCN(C)C)c1ccccc1. The van der Waals surface area contributed by atoms with Crippen molar-refractivity contribution in [1.29, 1.82) is 0 Å². The van der Waals surface area contributed by atoms with E-state index in [-0.39, 0.29) is 6.10 Å². The second-order valence-electron chi connectivity index (χ2n) is 5.98. The van der Waals surface area contributed by atoms with Gasteiger partial charge in [0.1, 0.15) is 0 Å². The normalized spacial score (nSPS) is 13.1. The molecular formula is C17H30N2O. The summed E-state index contributed by atoms with van der Waals surface area (Å²) in [6, 6.07) is 10.5. The van der Waals surface area contributed by atoms with E-state index in [0.717, 1.165) is 32.7 Å². The molecule has 0 spiro atoms. The molecule has 1 aromatic rings. The molecule has 0 aromatic heterocycles. The molecule has 0 aliphatic carbocycles. The van der Waals surface area contributed by atoms with Crippen molar-refractivity contribution in [3.05, 3.63) is 35.9 Å². The Bertz CT molecular complexity index is 338. The van der Waals surface area contributed by atoms with Gasteiger partial charge in [-0.05, 0) is 45.1 Å². The third kappa shape index (κ3) is 7.63. The predicted molar refractivity (Wildman–Crippen MR) is 86.0 cm³/mol. The van der Waals surface area contributed by atoms with E-state index in [1.807, 2.05) is 6.07 Å². The Hall–Kier alpha value is -0.900. The van der Waals surface area contributed by atoms with Crippen molar-refractivity contribution in [3.8, 4) is 0 Å². The Morgan fingerprint density at radius 1 is 1.10 bits per heavy atom. The van der Waals surface area contributed by atoms with Crippen LogP contribution >= 0.6 is 0 Å². The Morgan fingerprint density at radius 3 is 2.40 bits per heavy atom. The molecule has 114 valence electrons. The van der Waals surface area contributed by atoms with Gasteiger partial charge < -0.3 is 15.0 Å². The zero-order valence-electron chi connectivity index (χ0n) is 13.4. The third-order valence-corrected chi connectivity index (χ3v) is 3.12. The fourth-order valence-corrected chi connectivity index (χ4v) is 2.05. The van der Waals surface area contributed by atoms with Crippen LogP contribution in [-0.2, 0) is 4.74 Å². The number of ether oxygens (including phenoxy) is 1. The van der Waals surface area contributed by atoms with E-state index in [1.165, 1.54) is 5.56 Å². The third-order valence-electron chi connectivity index (χ3n) is 3.12. The molecule has 0 bridgehead atoms. The maximum atomic E-state index is 6.07. The van der Waals surface area contributed by atoms with Gasteiger partial charge in [0.25, 0.3) is 0 Å². The molecule has 1 N–H and O–H groups in total. The van der Waals surface area contributed by atoms with Crippen molar-refractivity contribution in [3.63, 3.8) is 0 Å². The monoisotopic (exact) mass is 278 g/mol. The van der Waals surface area contributed by atoms with E-state index in [9.17, 15) is 0 Å². The number of benzene rings is 1. The predicted octanol–water partition coefficient (Wildman–Crippen LogP) is 2.94. The lowest BCUT2D eigenvalue weighted by atomic mass is 10.1. The van der Waals surface area contributed by atoms with Crippen LogP contribution in [0.25, 0.3) is 0 Å². The minimum Gasteiger partial charge on any atom is -0.372 e. The molecule has 20 heavy (non-hydrogen) atoms. The van der Waals surface area contributed by atoms with Crippen LogP contribution in [0.1, 0.15) is 31.9 Å². The molecule has 0 fully saturated rings. The zero-order valence-corrected chi connectivity index (χ0v) is 13.4. The lowest BCUT2D eigenvalue weighted by molar-refractivity contribution is 0.0477. The van der Waals surface area contributed by atoms with Gasteiger partial charge in [0.05, 0.1) is 6.10 Å². The van der Waals surface area contributed by atoms with Crippen molar-refractivity contribution in [1.82, 2.24) is 10.2 Å². The second-order valence-corrected chi connectivity index (χ2v) is 5.98. The molecule has 1 aromatic carbocycles. The number of rotatable bonds is 10. The van der Waals surface area contributed by atoms with Gasteiger partial charge >= 0.3 is 0 Å². The van der Waals surface area contributed by atoms with E-state index in [4.69, 9.17) is 4.74 Å². The highest BCUT2D eigenvalue weighted by molar-refractivity contribution is 5.17. The number of hydrogen-bond acceptors (Lipinski definition) is 3. The van der Waals surface area contributed by atoms with Crippen LogP contribution in [0.15, 0.2) is 30.3 Å². The van der Waals surface area contributed by atoms with E-state index in [2.05, 4.69) is 62.4 Å². The molecule has 3 nitrogen and oxygen atoms in total. The molecule has 0 aliphatic heterocycles. The van der Waals surface area contributed by atoms with Crippen LogP contribution < -0.4 is 5.32 Å². The maximum absolute atomic E-state index is 6.07. The van der Waals surface area contributed by atoms with E-state index >= 15 is 0 Å². The van der Waals surface area contributed by atoms with Gasteiger partial charge in [-0.15, -0.1) is 0 Å². The molecule has 0 aliphatic rings. The molecule has 0 radical (unpaired) electrons. The minimum absolute atomic E-state index is 0.150. The van der Waals surface area contributed by atoms with Gasteiger partial charge in [0.2, 0.25) is 0 Å². The van der Waals surface area contributed by atoms with Gasteiger partial charge in [-0.2, -0.15) is 0 Å². The standard InChI is InChI=1S/C17H30N2O/c1-15(2)13-18-14-17(16-9-6-5-7-10-16)20-12-8-11-19(3)4/h5-7,9-10,15,17-18H,8,11-14H2,1-4H3. The van der Waals surface area contributed by atoms with Crippen molar-refractivity contribution in [2.45, 2.75) is 26.4 Å². The molecule has 1 atom stereocenters. The van der Waals surface area contributed by atoms with Gasteiger partial charge in [-0.3, -0.25) is 0 Å². The lowest BCUT2D eigenvalue weighted by Gasteiger charge is -2.20. The highest BCUT2D eigenvalue weighted by Crippen LogP contribution is 2.16. The van der Waals surface area contributed by atoms with Crippen molar-refractivity contribution in [2.75, 3.05) is 40.3 Å². The Balaban J connectivity index is 2.43. The van der Waals surface area contributed by atoms with Crippen molar-refractivity contribution in [2.24, 2.45) is 5.92 Å². The smallest absolute Gasteiger partial charge is 0.0949 e. The average molecular weight is 278 g/mol. The van der Waals surface area contributed by atoms with Crippen LogP contribution in [0.5, 0.6) is 0 Å². The fourth-order valence-electron chi connectivity index (χ4n) is 2.05. The summed E-state index contributed by atoms with van der Waals surface area (Å²) in [7, 11) is 4.19. The van der Waals surface area contributed by atoms with Crippen LogP contribution in [0, 0.1) is 5.92 Å². The summed E-state index contributed by atoms with van der Waals surface area (Å²) in [4.78, 5) is 2.19. The van der Waals surface area contributed by atoms with Crippen LogP contribution in [0.4, 0.5) is 0 Å². The topological polar surface area (TPSA) is 24.5 Å². The summed E-state index contributed by atoms with van der Waals surface area (Å²) in [5.74, 6) is 0.667. The summed E-state index contributed by atoms with van der Waals surface area (Å²) >= 11 is 0. The highest BCUT2D eigenvalue weighted by atomic mass is 16.5. The lowest BCUT2D eigenvalue weighted by Crippen LogP contribution is -2.27. The molecule has 1 rings (SSSR count). The van der Waals surface area contributed by atoms with Crippen molar-refractivity contribution >= 4 is 0 Å². The first-order chi connectivity index (χ1) is 9.59. The summed E-state index contributed by atoms with van der Waals surface area (Å²) in [6.07, 6.45) is 1.22. The highest BCUT2D eigenvalue weighted by Gasteiger charge is 2.11. The molecule has 3 heteroatoms. The van der Waals surface area contributed by atoms with E-state index < -0.39 is 0 Å². The molecule has 0 heterocycles. The maximum Gasteiger partial charge on any atom is 0.0949 e. The first-order valence-electron chi connectivity index (χ1n) is 7.61. The summed E-state index contributed by atoms with van der Waals surface area (Å²) in [5, 5.41) is 3.50. The van der Waals surface area contributed by atoms with E-state index in [0.29, 0.717) is 5.92 Å². The number of nitrogens with one attached hydrogen (secondary N) is 1. The second kappa shape index (κ2) is 9.92. The van der Waals surface area contributed by atoms with Gasteiger partial charge in [0, 0.05) is 13.2 Å². The van der Waals surface area contributed by atoms with Gasteiger partial charge in [0.15, 0.2) is 0 Å². The van der Waals surface area contributed by atoms with Crippen LogP contribution in [0.2, 0.25) is 0 Å². The quantitative estimate of drug-likeness (QED) is 0.666. The Kier molecular flexibility index (Phi) is 8.51. The summed E-state index contributed by atoms with van der Waals surface area (Å²) < 4.78 is 6.07. The average Bonchev–Trinajstić information content (AvgIpc) is 2.42. The molecule has 0 saturated carbocycles.